The minimum atomic E-state index is -0.614. The number of ether oxygens (including phenoxy) is 1. The number of carbonyl (C=O) groups excluding carboxylic acids is 2. The van der Waals surface area contributed by atoms with Crippen molar-refractivity contribution in [3.63, 3.8) is 0 Å². The summed E-state index contributed by atoms with van der Waals surface area (Å²) in [5.74, 6) is 0.448. The van der Waals surface area contributed by atoms with Crippen molar-refractivity contribution in [3.8, 4) is 0 Å². The molecule has 2 atom stereocenters. The molecule has 1 saturated heterocycles. The lowest BCUT2D eigenvalue weighted by atomic mass is 10.0. The third-order valence-corrected chi connectivity index (χ3v) is 5.16. The van der Waals surface area contributed by atoms with E-state index in [2.05, 4.69) is 5.32 Å². The van der Waals surface area contributed by atoms with Crippen LogP contribution in [-0.4, -0.2) is 51.9 Å². The summed E-state index contributed by atoms with van der Waals surface area (Å²) in [7, 11) is 0. The number of aryl methyl sites for hydroxylation is 1. The molecule has 1 fully saturated rings. The molecule has 144 valence electrons. The van der Waals surface area contributed by atoms with Crippen molar-refractivity contribution >= 4 is 23.8 Å². The first-order valence-corrected chi connectivity index (χ1v) is 9.85. The maximum atomic E-state index is 12.8. The Bertz CT molecular complexity index is 627. The van der Waals surface area contributed by atoms with Crippen LogP contribution in [-0.2, 0) is 9.53 Å². The summed E-state index contributed by atoms with van der Waals surface area (Å²) in [6.07, 6.45) is -0.0600. The van der Waals surface area contributed by atoms with Gasteiger partial charge in [0, 0.05) is 18.9 Å². The fourth-order valence-corrected chi connectivity index (χ4v) is 3.80. The maximum absolute atomic E-state index is 12.8. The highest BCUT2D eigenvalue weighted by molar-refractivity contribution is 8.00. The molecule has 0 saturated carbocycles. The molecule has 1 aliphatic rings. The molecule has 1 aromatic rings. The van der Waals surface area contributed by atoms with Gasteiger partial charge in [-0.15, -0.1) is 11.8 Å². The average Bonchev–Trinajstić information content (AvgIpc) is 3.03. The van der Waals surface area contributed by atoms with Crippen molar-refractivity contribution < 1.29 is 19.4 Å². The summed E-state index contributed by atoms with van der Waals surface area (Å²) < 4.78 is 5.41. The van der Waals surface area contributed by atoms with Crippen molar-refractivity contribution in [2.24, 2.45) is 0 Å². The predicted octanol–water partition coefficient (Wildman–Crippen LogP) is 2.84. The Morgan fingerprint density at radius 2 is 2.00 bits per heavy atom. The molecule has 2 N–H and O–H groups in total. The summed E-state index contributed by atoms with van der Waals surface area (Å²) in [6.45, 7) is 7.85. The number of carbonyl (C=O) groups is 2. The lowest BCUT2D eigenvalue weighted by Crippen LogP contribution is -2.47. The second-order valence-corrected chi connectivity index (χ2v) is 8.57. The summed E-state index contributed by atoms with van der Waals surface area (Å²) in [6, 6.07) is 7.55. The minimum absolute atomic E-state index is 0.0353. The third-order valence-electron chi connectivity index (χ3n) is 3.96. The van der Waals surface area contributed by atoms with Crippen LogP contribution in [0.15, 0.2) is 24.3 Å². The van der Waals surface area contributed by atoms with Crippen molar-refractivity contribution in [2.45, 2.75) is 51.1 Å². The van der Waals surface area contributed by atoms with E-state index in [1.807, 2.05) is 31.2 Å². The van der Waals surface area contributed by atoms with Crippen molar-refractivity contribution in [2.75, 3.05) is 18.9 Å². The van der Waals surface area contributed by atoms with Gasteiger partial charge in [0.1, 0.15) is 5.60 Å². The molecule has 26 heavy (non-hydrogen) atoms. The molecule has 0 bridgehead atoms. The summed E-state index contributed by atoms with van der Waals surface area (Å²) in [4.78, 5) is 26.6. The zero-order valence-electron chi connectivity index (χ0n) is 15.8. The smallest absolute Gasteiger partial charge is 0.411 e. The number of rotatable bonds is 5. The Morgan fingerprint density at radius 1 is 1.35 bits per heavy atom. The number of thioether (sulfide) groups is 1. The van der Waals surface area contributed by atoms with E-state index >= 15 is 0 Å². The topological polar surface area (TPSA) is 78.9 Å². The Kier molecular flexibility index (Phi) is 6.94. The summed E-state index contributed by atoms with van der Waals surface area (Å²) in [5.41, 5.74) is 1.46. The molecular formula is C19H28N2O4S. The lowest BCUT2D eigenvalue weighted by molar-refractivity contribution is -0.124. The summed E-state index contributed by atoms with van der Waals surface area (Å²) in [5, 5.41) is 11.7. The van der Waals surface area contributed by atoms with E-state index in [1.165, 1.54) is 16.7 Å². The number of nitrogens with one attached hydrogen (secondary N) is 1. The lowest BCUT2D eigenvalue weighted by Gasteiger charge is -2.28. The second-order valence-electron chi connectivity index (χ2n) is 7.38. The molecule has 2 rings (SSSR count). The first-order valence-electron chi connectivity index (χ1n) is 8.80. The van der Waals surface area contributed by atoms with Gasteiger partial charge in [-0.2, -0.15) is 0 Å². The van der Waals surface area contributed by atoms with Crippen LogP contribution in [0.2, 0.25) is 0 Å². The number of aliphatic hydroxyl groups is 1. The monoisotopic (exact) mass is 380 g/mol. The quantitative estimate of drug-likeness (QED) is 0.821. The van der Waals surface area contributed by atoms with Crippen molar-refractivity contribution in [3.05, 3.63) is 35.4 Å². The van der Waals surface area contributed by atoms with Crippen LogP contribution in [0.25, 0.3) is 0 Å². The molecule has 0 aromatic heterocycles. The van der Waals surface area contributed by atoms with Gasteiger partial charge in [0.25, 0.3) is 5.91 Å². The van der Waals surface area contributed by atoms with Gasteiger partial charge >= 0.3 is 6.09 Å². The Labute approximate surface area is 159 Å². The van der Waals surface area contributed by atoms with E-state index < -0.39 is 17.1 Å². The van der Waals surface area contributed by atoms with Gasteiger partial charge in [-0.05, 0) is 39.7 Å². The molecule has 6 nitrogen and oxygen atoms in total. The van der Waals surface area contributed by atoms with E-state index in [-0.39, 0.29) is 18.6 Å². The molecule has 0 spiro atoms. The van der Waals surface area contributed by atoms with E-state index in [1.54, 1.807) is 20.8 Å². The molecule has 1 unspecified atom stereocenters. The minimum Gasteiger partial charge on any atom is -0.444 e. The molecule has 0 aliphatic carbocycles. The van der Waals surface area contributed by atoms with E-state index in [0.717, 1.165) is 11.1 Å². The average molecular weight is 381 g/mol. The first-order chi connectivity index (χ1) is 12.2. The molecule has 1 aliphatic heterocycles. The highest BCUT2D eigenvalue weighted by Gasteiger charge is 2.38. The predicted molar refractivity (Wildman–Crippen MR) is 103 cm³/mol. The van der Waals surface area contributed by atoms with Crippen molar-refractivity contribution in [1.82, 2.24) is 10.2 Å². The maximum Gasteiger partial charge on any atom is 0.411 e. The highest BCUT2D eigenvalue weighted by Crippen LogP contribution is 2.27. The molecule has 1 aromatic carbocycles. The van der Waals surface area contributed by atoms with Gasteiger partial charge in [0.05, 0.1) is 6.04 Å². The van der Waals surface area contributed by atoms with Gasteiger partial charge < -0.3 is 15.2 Å². The molecular weight excluding hydrogens is 352 g/mol. The zero-order chi connectivity index (χ0) is 19.3. The fourth-order valence-electron chi connectivity index (χ4n) is 2.69. The third kappa shape index (κ3) is 5.64. The summed E-state index contributed by atoms with van der Waals surface area (Å²) >= 11 is 1.42. The molecule has 0 radical (unpaired) electrons. The van der Waals surface area contributed by atoms with Crippen LogP contribution in [0.4, 0.5) is 4.79 Å². The van der Waals surface area contributed by atoms with Crippen molar-refractivity contribution in [1.29, 1.82) is 0 Å². The number of hydrogen-bond donors (Lipinski definition) is 2. The largest absolute Gasteiger partial charge is 0.444 e. The van der Waals surface area contributed by atoms with Gasteiger partial charge in [0.15, 0.2) is 5.37 Å². The number of aliphatic hydroxyl groups excluding tert-OH is 1. The van der Waals surface area contributed by atoms with Crippen LogP contribution >= 0.6 is 11.8 Å². The van der Waals surface area contributed by atoms with Gasteiger partial charge in [-0.3, -0.25) is 9.69 Å². The van der Waals surface area contributed by atoms with E-state index in [9.17, 15) is 14.7 Å². The number of benzene rings is 1. The highest BCUT2D eigenvalue weighted by atomic mass is 32.2. The van der Waals surface area contributed by atoms with E-state index in [4.69, 9.17) is 4.74 Å². The van der Waals surface area contributed by atoms with Crippen LogP contribution < -0.4 is 5.32 Å². The Hall–Kier alpha value is -1.73. The van der Waals surface area contributed by atoms with Crippen LogP contribution in [0.5, 0.6) is 0 Å². The number of hydrogen-bond acceptors (Lipinski definition) is 5. The number of nitrogens with zero attached hydrogens (tertiary/aromatic N) is 1. The molecule has 7 heteroatoms. The fraction of sp³-hybridized carbons (Fsp3) is 0.579. The normalized spacial score (nSPS) is 18.5. The molecule has 2 amide bonds. The Balaban J connectivity index is 2.07. The first kappa shape index (κ1) is 20.6. The van der Waals surface area contributed by atoms with Gasteiger partial charge in [-0.25, -0.2) is 4.79 Å². The van der Waals surface area contributed by atoms with Gasteiger partial charge in [-0.1, -0.05) is 29.8 Å². The SMILES string of the molecule is Cc1ccc([C@H](CCO)NC(=O)C2SCCN2C(=O)OC(C)(C)C)cc1. The zero-order valence-corrected chi connectivity index (χ0v) is 16.6. The van der Waals surface area contributed by atoms with Crippen LogP contribution in [0, 0.1) is 6.92 Å². The Morgan fingerprint density at radius 3 is 2.58 bits per heavy atom. The van der Waals surface area contributed by atoms with E-state index in [0.29, 0.717) is 18.7 Å². The second kappa shape index (κ2) is 8.77. The van der Waals surface area contributed by atoms with Crippen LogP contribution in [0.1, 0.15) is 44.4 Å². The molecule has 1 heterocycles. The standard InChI is InChI=1S/C19H28N2O4S/c1-13-5-7-14(8-6-13)15(9-11-22)20-16(23)17-21(10-12-26-17)18(24)25-19(2,3)4/h5-8,15,17,22H,9-12H2,1-4H3,(H,20,23)/t15-,17?/m0/s1. The van der Waals surface area contributed by atoms with Gasteiger partial charge in [0.2, 0.25) is 0 Å². The number of amides is 2. The van der Waals surface area contributed by atoms with Crippen LogP contribution in [0.3, 0.4) is 0 Å².